The van der Waals surface area contributed by atoms with Crippen molar-refractivity contribution >= 4 is 17.7 Å². The second kappa shape index (κ2) is 6.91. The zero-order chi connectivity index (χ0) is 13.7. The minimum absolute atomic E-state index is 0.0109. The van der Waals surface area contributed by atoms with Crippen molar-refractivity contribution in [3.63, 3.8) is 0 Å². The molecule has 0 aromatic heterocycles. The van der Waals surface area contributed by atoms with Gasteiger partial charge in [-0.15, -0.1) is 0 Å². The van der Waals surface area contributed by atoms with Crippen LogP contribution in [0.4, 0.5) is 4.39 Å². The van der Waals surface area contributed by atoms with E-state index >= 15 is 0 Å². The molecule has 0 aliphatic carbocycles. The molecule has 2 atom stereocenters. The van der Waals surface area contributed by atoms with Crippen LogP contribution in [0.5, 0.6) is 0 Å². The fraction of sp³-hybridized carbons (Fsp3) is 0.500. The topological polar surface area (TPSA) is 41.1 Å². The van der Waals surface area contributed by atoms with E-state index in [1.54, 1.807) is 6.07 Å². The molecular formula is C14H19FN2OS. The van der Waals surface area contributed by atoms with Gasteiger partial charge in [0.1, 0.15) is 5.82 Å². The first kappa shape index (κ1) is 14.3. The number of hydrogen-bond donors (Lipinski definition) is 2. The molecule has 104 valence electrons. The molecule has 1 aliphatic heterocycles. The first-order valence-electron chi connectivity index (χ1n) is 6.51. The lowest BCUT2D eigenvalue weighted by atomic mass is 10.1. The molecule has 19 heavy (non-hydrogen) atoms. The Hall–Kier alpha value is -1.07. The molecule has 1 aliphatic rings. The van der Waals surface area contributed by atoms with Crippen LogP contribution in [0.2, 0.25) is 0 Å². The molecule has 1 heterocycles. The smallest absolute Gasteiger partial charge is 0.222 e. The van der Waals surface area contributed by atoms with E-state index in [-0.39, 0.29) is 23.8 Å². The maximum absolute atomic E-state index is 13.1. The van der Waals surface area contributed by atoms with Gasteiger partial charge in [0.2, 0.25) is 5.91 Å². The van der Waals surface area contributed by atoms with Crippen molar-refractivity contribution in [2.75, 3.05) is 18.1 Å². The van der Waals surface area contributed by atoms with E-state index < -0.39 is 0 Å². The van der Waals surface area contributed by atoms with Crippen molar-refractivity contribution in [1.82, 2.24) is 10.6 Å². The molecular weight excluding hydrogens is 263 g/mol. The quantitative estimate of drug-likeness (QED) is 0.888. The summed E-state index contributed by atoms with van der Waals surface area (Å²) in [4.78, 5) is 11.9. The maximum Gasteiger partial charge on any atom is 0.222 e. The summed E-state index contributed by atoms with van der Waals surface area (Å²) in [7, 11) is 0. The average Bonchev–Trinajstić information content (AvgIpc) is 2.39. The highest BCUT2D eigenvalue weighted by atomic mass is 32.2. The zero-order valence-corrected chi connectivity index (χ0v) is 11.8. The minimum Gasteiger partial charge on any atom is -0.350 e. The van der Waals surface area contributed by atoms with Crippen LogP contribution in [0.1, 0.15) is 24.9 Å². The van der Waals surface area contributed by atoms with Gasteiger partial charge in [0.05, 0.1) is 6.04 Å². The van der Waals surface area contributed by atoms with Gasteiger partial charge in [-0.05, 0) is 24.6 Å². The van der Waals surface area contributed by atoms with Crippen molar-refractivity contribution in [3.8, 4) is 0 Å². The number of nitrogens with one attached hydrogen (secondary N) is 2. The van der Waals surface area contributed by atoms with Crippen LogP contribution in [0.25, 0.3) is 0 Å². The highest BCUT2D eigenvalue weighted by Crippen LogP contribution is 2.15. The van der Waals surface area contributed by atoms with Crippen LogP contribution in [0.3, 0.4) is 0 Å². The predicted octanol–water partition coefficient (Wildman–Crippen LogP) is 2.10. The number of carbonyl (C=O) groups is 1. The van der Waals surface area contributed by atoms with Gasteiger partial charge in [0.25, 0.3) is 0 Å². The largest absolute Gasteiger partial charge is 0.350 e. The van der Waals surface area contributed by atoms with E-state index in [0.29, 0.717) is 6.42 Å². The summed E-state index contributed by atoms with van der Waals surface area (Å²) in [6, 6.07) is 6.42. The van der Waals surface area contributed by atoms with Gasteiger partial charge in [-0.2, -0.15) is 11.8 Å². The summed E-state index contributed by atoms with van der Waals surface area (Å²) < 4.78 is 13.1. The Morgan fingerprint density at radius 3 is 3.16 bits per heavy atom. The molecule has 1 amide bonds. The molecule has 1 aromatic carbocycles. The summed E-state index contributed by atoms with van der Waals surface area (Å²) >= 11 is 1.87. The summed E-state index contributed by atoms with van der Waals surface area (Å²) in [5, 5.41) is 6.25. The highest BCUT2D eigenvalue weighted by Gasteiger charge is 2.18. The van der Waals surface area contributed by atoms with Crippen LogP contribution >= 0.6 is 11.8 Å². The second-order valence-electron chi connectivity index (χ2n) is 4.77. The Balaban J connectivity index is 1.84. The van der Waals surface area contributed by atoms with Crippen LogP contribution < -0.4 is 10.6 Å². The number of rotatable bonds is 4. The maximum atomic E-state index is 13.1. The lowest BCUT2D eigenvalue weighted by molar-refractivity contribution is -0.122. The first-order chi connectivity index (χ1) is 9.15. The molecule has 0 bridgehead atoms. The van der Waals surface area contributed by atoms with Crippen molar-refractivity contribution in [3.05, 3.63) is 35.6 Å². The van der Waals surface area contributed by atoms with Crippen LogP contribution in [-0.2, 0) is 4.79 Å². The third-order valence-electron chi connectivity index (χ3n) is 3.16. The van der Waals surface area contributed by atoms with E-state index in [0.717, 1.165) is 23.6 Å². The van der Waals surface area contributed by atoms with Gasteiger partial charge in [-0.25, -0.2) is 4.39 Å². The number of hydrogen-bond acceptors (Lipinski definition) is 3. The molecule has 1 aromatic rings. The molecule has 3 nitrogen and oxygen atoms in total. The SMILES string of the molecule is C[C@@H](NC(=O)CC1CSCCN1)c1cccc(F)c1. The van der Waals surface area contributed by atoms with Crippen LogP contribution in [-0.4, -0.2) is 30.0 Å². The number of benzene rings is 1. The third kappa shape index (κ3) is 4.51. The fourth-order valence-electron chi connectivity index (χ4n) is 2.13. The summed E-state index contributed by atoms with van der Waals surface area (Å²) in [5.41, 5.74) is 0.791. The van der Waals surface area contributed by atoms with Crippen molar-refractivity contribution < 1.29 is 9.18 Å². The van der Waals surface area contributed by atoms with E-state index in [9.17, 15) is 9.18 Å². The molecule has 0 spiro atoms. The predicted molar refractivity (Wildman–Crippen MR) is 76.7 cm³/mol. The Morgan fingerprint density at radius 1 is 1.63 bits per heavy atom. The Labute approximate surface area is 117 Å². The Kier molecular flexibility index (Phi) is 5.22. The standard InChI is InChI=1S/C14H19FN2OS/c1-10(11-3-2-4-12(15)7-11)17-14(18)8-13-9-19-6-5-16-13/h2-4,7,10,13,16H,5-6,8-9H2,1H3,(H,17,18)/t10-,13?/m1/s1. The van der Waals surface area contributed by atoms with Crippen LogP contribution in [0.15, 0.2) is 24.3 Å². The van der Waals surface area contributed by atoms with Crippen molar-refractivity contribution in [1.29, 1.82) is 0 Å². The van der Waals surface area contributed by atoms with E-state index in [1.807, 2.05) is 24.8 Å². The molecule has 0 radical (unpaired) electrons. The molecule has 1 saturated heterocycles. The molecule has 0 saturated carbocycles. The van der Waals surface area contributed by atoms with Gasteiger partial charge >= 0.3 is 0 Å². The monoisotopic (exact) mass is 282 g/mol. The minimum atomic E-state index is -0.274. The van der Waals surface area contributed by atoms with E-state index in [2.05, 4.69) is 10.6 Å². The number of amides is 1. The lowest BCUT2D eigenvalue weighted by Gasteiger charge is -2.23. The second-order valence-corrected chi connectivity index (χ2v) is 5.92. The van der Waals surface area contributed by atoms with Gasteiger partial charge in [-0.3, -0.25) is 4.79 Å². The van der Waals surface area contributed by atoms with Crippen molar-refractivity contribution in [2.45, 2.75) is 25.4 Å². The summed E-state index contributed by atoms with van der Waals surface area (Å²) in [5.74, 6) is 1.82. The number of thioether (sulfide) groups is 1. The molecule has 1 fully saturated rings. The zero-order valence-electron chi connectivity index (χ0n) is 11.0. The molecule has 2 N–H and O–H groups in total. The van der Waals surface area contributed by atoms with Gasteiger partial charge < -0.3 is 10.6 Å². The lowest BCUT2D eigenvalue weighted by Crippen LogP contribution is -2.41. The van der Waals surface area contributed by atoms with Crippen LogP contribution in [0, 0.1) is 5.82 Å². The summed E-state index contributed by atoms with van der Waals surface area (Å²) in [6.07, 6.45) is 0.479. The first-order valence-corrected chi connectivity index (χ1v) is 7.66. The van der Waals surface area contributed by atoms with Gasteiger partial charge in [0, 0.05) is 30.5 Å². The number of carbonyl (C=O) groups excluding carboxylic acids is 1. The summed E-state index contributed by atoms with van der Waals surface area (Å²) in [6.45, 7) is 2.83. The fourth-order valence-corrected chi connectivity index (χ4v) is 3.08. The molecule has 2 rings (SSSR count). The highest BCUT2D eigenvalue weighted by molar-refractivity contribution is 7.99. The molecule has 5 heteroatoms. The number of halogens is 1. The Bertz CT molecular complexity index is 435. The normalized spacial score (nSPS) is 20.8. The van der Waals surface area contributed by atoms with E-state index in [4.69, 9.17) is 0 Å². The van der Waals surface area contributed by atoms with E-state index in [1.165, 1.54) is 12.1 Å². The molecule has 1 unspecified atom stereocenters. The third-order valence-corrected chi connectivity index (χ3v) is 4.29. The Morgan fingerprint density at radius 2 is 2.47 bits per heavy atom. The van der Waals surface area contributed by atoms with Gasteiger partial charge in [0.15, 0.2) is 0 Å². The van der Waals surface area contributed by atoms with Crippen molar-refractivity contribution in [2.24, 2.45) is 0 Å². The average molecular weight is 282 g/mol. The van der Waals surface area contributed by atoms with Gasteiger partial charge in [-0.1, -0.05) is 12.1 Å².